The molecule has 164 valence electrons. The number of hydrogen-bond acceptors (Lipinski definition) is 6. The van der Waals surface area contributed by atoms with E-state index < -0.39 is 29.1 Å². The van der Waals surface area contributed by atoms with E-state index >= 15 is 0 Å². The molecular formula is C22H26N4O5. The number of aromatic amines is 2. The number of benzene rings is 1. The van der Waals surface area contributed by atoms with Gasteiger partial charge in [0.15, 0.2) is 6.04 Å². The number of fused-ring (bicyclic) bond motifs is 1. The Hall–Kier alpha value is -3.62. The Kier molecular flexibility index (Phi) is 6.74. The summed E-state index contributed by atoms with van der Waals surface area (Å²) in [5.74, 6) is -1.03. The number of para-hydroxylation sites is 1. The Morgan fingerprint density at radius 2 is 2.03 bits per heavy atom. The monoisotopic (exact) mass is 426 g/mol. The van der Waals surface area contributed by atoms with Crippen LogP contribution in [0.1, 0.15) is 37.8 Å². The van der Waals surface area contributed by atoms with Crippen LogP contribution in [-0.2, 0) is 22.5 Å². The average Bonchev–Trinajstić information content (AvgIpc) is 3.15. The first-order chi connectivity index (χ1) is 14.9. The van der Waals surface area contributed by atoms with Crippen molar-refractivity contribution in [2.45, 2.75) is 45.7 Å². The maximum atomic E-state index is 12.4. The number of nitrogens with zero attached hydrogens (tertiary/aromatic N) is 2. The molecule has 3 N–H and O–H groups in total. The van der Waals surface area contributed by atoms with Gasteiger partial charge in [-0.05, 0) is 25.0 Å². The highest BCUT2D eigenvalue weighted by molar-refractivity contribution is 6.01. The largest absolute Gasteiger partial charge is 0.494 e. The van der Waals surface area contributed by atoms with Crippen molar-refractivity contribution in [2.24, 2.45) is 4.99 Å². The Bertz CT molecular complexity index is 1230. The van der Waals surface area contributed by atoms with Gasteiger partial charge in [0, 0.05) is 30.1 Å². The molecule has 0 saturated heterocycles. The Labute approximate surface area is 178 Å². The quantitative estimate of drug-likeness (QED) is 0.375. The number of aliphatic imine (C=N–C) groups is 1. The molecule has 0 spiro atoms. The molecule has 0 aliphatic carbocycles. The SMILES string of the molecule is CCCCn1c(O)c(C(C)=NC(Cc2c[nH]c3ccccc23)C(=O)OC)c(=O)[nH]c1=O. The van der Waals surface area contributed by atoms with Crippen LogP contribution in [0.2, 0.25) is 0 Å². The molecule has 0 amide bonds. The highest BCUT2D eigenvalue weighted by Gasteiger charge is 2.23. The molecule has 3 rings (SSSR count). The molecule has 0 aliphatic rings. The van der Waals surface area contributed by atoms with Gasteiger partial charge in [-0.1, -0.05) is 31.5 Å². The lowest BCUT2D eigenvalue weighted by molar-refractivity contribution is -0.142. The predicted octanol–water partition coefficient (Wildman–Crippen LogP) is 2.12. The fourth-order valence-electron chi connectivity index (χ4n) is 3.53. The topological polar surface area (TPSA) is 130 Å². The minimum absolute atomic E-state index is 0.136. The molecule has 3 aromatic rings. The number of esters is 1. The summed E-state index contributed by atoms with van der Waals surface area (Å²) in [6.45, 7) is 3.73. The van der Waals surface area contributed by atoms with E-state index in [-0.39, 0.29) is 24.2 Å². The smallest absolute Gasteiger partial charge is 0.331 e. The number of carbonyl (C=O) groups is 1. The van der Waals surface area contributed by atoms with Crippen LogP contribution in [0.15, 0.2) is 45.0 Å². The number of carbonyl (C=O) groups excluding carboxylic acids is 1. The first kappa shape index (κ1) is 22.1. The van der Waals surface area contributed by atoms with Crippen molar-refractivity contribution in [3.05, 3.63) is 62.4 Å². The van der Waals surface area contributed by atoms with E-state index in [1.807, 2.05) is 31.2 Å². The summed E-state index contributed by atoms with van der Waals surface area (Å²) in [4.78, 5) is 46.7. The van der Waals surface area contributed by atoms with Gasteiger partial charge in [-0.3, -0.25) is 19.3 Å². The lowest BCUT2D eigenvalue weighted by Gasteiger charge is -2.14. The van der Waals surface area contributed by atoms with Crippen LogP contribution >= 0.6 is 0 Å². The van der Waals surface area contributed by atoms with Gasteiger partial charge in [0.25, 0.3) is 5.56 Å². The fourth-order valence-corrected chi connectivity index (χ4v) is 3.53. The molecule has 1 aromatic carbocycles. The summed E-state index contributed by atoms with van der Waals surface area (Å²) in [5.41, 5.74) is 0.360. The summed E-state index contributed by atoms with van der Waals surface area (Å²) >= 11 is 0. The number of aromatic nitrogens is 3. The number of nitrogens with one attached hydrogen (secondary N) is 2. The van der Waals surface area contributed by atoms with Crippen molar-refractivity contribution >= 4 is 22.6 Å². The molecule has 0 bridgehead atoms. The third-order valence-electron chi connectivity index (χ3n) is 5.18. The third-order valence-corrected chi connectivity index (χ3v) is 5.18. The second-order valence-electron chi connectivity index (χ2n) is 7.28. The minimum atomic E-state index is -0.931. The maximum absolute atomic E-state index is 12.4. The summed E-state index contributed by atoms with van der Waals surface area (Å²) in [6.07, 6.45) is 3.51. The molecule has 9 heteroatoms. The standard InChI is InChI=1S/C22H26N4O5/c1-4-5-10-26-20(28)18(19(27)25-22(26)30)13(2)24-17(21(29)31-3)11-14-12-23-16-9-7-6-8-15(14)16/h6-9,12,17,23,28H,4-5,10-11H2,1-3H3,(H,25,27,30). The highest BCUT2D eigenvalue weighted by Crippen LogP contribution is 2.21. The van der Waals surface area contributed by atoms with E-state index in [2.05, 4.69) is 15.0 Å². The zero-order valence-electron chi connectivity index (χ0n) is 17.8. The normalized spacial score (nSPS) is 12.8. The van der Waals surface area contributed by atoms with Gasteiger partial charge in [-0.15, -0.1) is 0 Å². The molecule has 1 atom stereocenters. The van der Waals surface area contributed by atoms with Gasteiger partial charge in [0.05, 0.1) is 12.8 Å². The number of ether oxygens (including phenoxy) is 1. The first-order valence-electron chi connectivity index (χ1n) is 10.1. The first-order valence-corrected chi connectivity index (χ1v) is 10.1. The predicted molar refractivity (Wildman–Crippen MR) is 118 cm³/mol. The Morgan fingerprint density at radius 1 is 1.29 bits per heavy atom. The summed E-state index contributed by atoms with van der Waals surface area (Å²) in [7, 11) is 1.27. The zero-order chi connectivity index (χ0) is 22.5. The van der Waals surface area contributed by atoms with Gasteiger partial charge in [-0.2, -0.15) is 0 Å². The number of H-pyrrole nitrogens is 2. The van der Waals surface area contributed by atoms with Crippen LogP contribution in [-0.4, -0.2) is 44.5 Å². The number of unbranched alkanes of at least 4 members (excludes halogenated alkanes) is 1. The molecule has 0 radical (unpaired) electrons. The van der Waals surface area contributed by atoms with Gasteiger partial charge in [-0.25, -0.2) is 9.59 Å². The van der Waals surface area contributed by atoms with Gasteiger partial charge in [0.1, 0.15) is 5.56 Å². The van der Waals surface area contributed by atoms with Gasteiger partial charge >= 0.3 is 11.7 Å². The average molecular weight is 426 g/mol. The minimum Gasteiger partial charge on any atom is -0.494 e. The third kappa shape index (κ3) is 4.60. The summed E-state index contributed by atoms with van der Waals surface area (Å²) in [5, 5.41) is 11.6. The van der Waals surface area contributed by atoms with E-state index in [1.54, 1.807) is 6.20 Å². The Morgan fingerprint density at radius 3 is 2.74 bits per heavy atom. The van der Waals surface area contributed by atoms with E-state index in [9.17, 15) is 19.5 Å². The van der Waals surface area contributed by atoms with Crippen LogP contribution in [0.25, 0.3) is 10.9 Å². The lowest BCUT2D eigenvalue weighted by atomic mass is 10.0. The molecular weight excluding hydrogens is 400 g/mol. The summed E-state index contributed by atoms with van der Waals surface area (Å²) < 4.78 is 6.01. The van der Waals surface area contributed by atoms with Crippen LogP contribution in [0.3, 0.4) is 0 Å². The Balaban J connectivity index is 2.02. The molecule has 2 aromatic heterocycles. The van der Waals surface area contributed by atoms with Crippen LogP contribution in [0, 0.1) is 0 Å². The van der Waals surface area contributed by atoms with Crippen molar-refractivity contribution in [3.63, 3.8) is 0 Å². The van der Waals surface area contributed by atoms with Crippen molar-refractivity contribution in [2.75, 3.05) is 7.11 Å². The van der Waals surface area contributed by atoms with Crippen LogP contribution < -0.4 is 11.2 Å². The second-order valence-corrected chi connectivity index (χ2v) is 7.28. The lowest BCUT2D eigenvalue weighted by Crippen LogP contribution is -2.34. The maximum Gasteiger partial charge on any atom is 0.331 e. The number of aromatic hydroxyl groups is 1. The van der Waals surface area contributed by atoms with E-state index in [4.69, 9.17) is 4.74 Å². The molecule has 0 aliphatic heterocycles. The zero-order valence-corrected chi connectivity index (χ0v) is 17.8. The fraction of sp³-hybridized carbons (Fsp3) is 0.364. The molecule has 31 heavy (non-hydrogen) atoms. The van der Waals surface area contributed by atoms with E-state index in [0.717, 1.165) is 27.5 Å². The molecule has 0 saturated carbocycles. The number of rotatable bonds is 8. The van der Waals surface area contributed by atoms with E-state index in [1.165, 1.54) is 14.0 Å². The van der Waals surface area contributed by atoms with E-state index in [0.29, 0.717) is 6.42 Å². The highest BCUT2D eigenvalue weighted by atomic mass is 16.5. The molecule has 2 heterocycles. The number of methoxy groups -OCH3 is 1. The van der Waals surface area contributed by atoms with Crippen molar-refractivity contribution < 1.29 is 14.6 Å². The van der Waals surface area contributed by atoms with Crippen LogP contribution in [0.4, 0.5) is 0 Å². The van der Waals surface area contributed by atoms with Gasteiger partial charge < -0.3 is 14.8 Å². The van der Waals surface area contributed by atoms with Crippen molar-refractivity contribution in [1.29, 1.82) is 0 Å². The number of hydrogen-bond donors (Lipinski definition) is 3. The molecule has 0 fully saturated rings. The molecule has 9 nitrogen and oxygen atoms in total. The summed E-state index contributed by atoms with van der Waals surface area (Å²) in [6, 6.07) is 6.74. The van der Waals surface area contributed by atoms with Crippen molar-refractivity contribution in [3.8, 4) is 5.88 Å². The molecule has 1 unspecified atom stereocenters. The second kappa shape index (κ2) is 9.46. The van der Waals surface area contributed by atoms with Crippen LogP contribution in [0.5, 0.6) is 5.88 Å². The van der Waals surface area contributed by atoms with Gasteiger partial charge in [0.2, 0.25) is 5.88 Å². The van der Waals surface area contributed by atoms with Crippen molar-refractivity contribution in [1.82, 2.24) is 14.5 Å².